The SMILES string of the molecule is CC(NC(=O)c1cccc(OC(F)(F)F)c1)(C(=O)NC1CCCC1)[C@@H]1[C@@H]2CCCN12. The summed E-state index contributed by atoms with van der Waals surface area (Å²) in [5.41, 5.74) is -1.15. The molecule has 6 nitrogen and oxygen atoms in total. The standard InChI is InChI=1S/C21H26F3N3O3/c1-20(17-16-10-5-11-27(16)17,19(29)25-14-7-2-3-8-14)26-18(28)13-6-4-9-15(12-13)30-21(22,23)24/h4,6,9,12,14,16-17H,2-3,5,7-8,10-11H2,1H3,(H,25,29)(H,26,28)/t16-,17-,20?,27?/m0/s1. The summed E-state index contributed by atoms with van der Waals surface area (Å²) < 4.78 is 41.4. The third-order valence-electron chi connectivity index (χ3n) is 6.43. The van der Waals surface area contributed by atoms with Crippen molar-refractivity contribution in [1.29, 1.82) is 0 Å². The molecule has 0 aromatic heterocycles. The van der Waals surface area contributed by atoms with E-state index in [9.17, 15) is 22.8 Å². The Morgan fingerprint density at radius 1 is 1.13 bits per heavy atom. The number of amides is 2. The van der Waals surface area contributed by atoms with Gasteiger partial charge in [0.15, 0.2) is 0 Å². The van der Waals surface area contributed by atoms with Gasteiger partial charge in [0.2, 0.25) is 5.91 Å². The van der Waals surface area contributed by atoms with Gasteiger partial charge in [0.25, 0.3) is 5.91 Å². The monoisotopic (exact) mass is 425 g/mol. The van der Waals surface area contributed by atoms with Gasteiger partial charge in [-0.05, 0) is 57.4 Å². The number of halogens is 3. The van der Waals surface area contributed by atoms with Gasteiger partial charge >= 0.3 is 6.36 Å². The number of alkyl halides is 3. The number of hydrogen-bond acceptors (Lipinski definition) is 4. The van der Waals surface area contributed by atoms with Crippen molar-refractivity contribution in [3.05, 3.63) is 29.8 Å². The number of benzene rings is 1. The molecule has 0 spiro atoms. The Labute approximate surface area is 173 Å². The number of carbonyl (C=O) groups excluding carboxylic acids is 2. The number of nitrogens with zero attached hydrogens (tertiary/aromatic N) is 1. The Hall–Kier alpha value is -2.29. The Morgan fingerprint density at radius 2 is 1.87 bits per heavy atom. The van der Waals surface area contributed by atoms with Crippen LogP contribution in [0.2, 0.25) is 0 Å². The molecule has 2 saturated heterocycles. The second kappa shape index (κ2) is 7.76. The number of nitrogens with one attached hydrogen (secondary N) is 2. The normalized spacial score (nSPS) is 27.8. The average molecular weight is 425 g/mol. The molecule has 1 saturated carbocycles. The Balaban J connectivity index is 1.52. The Morgan fingerprint density at radius 3 is 2.50 bits per heavy atom. The summed E-state index contributed by atoms with van der Waals surface area (Å²) in [6.07, 6.45) is 1.17. The molecule has 164 valence electrons. The van der Waals surface area contributed by atoms with Crippen molar-refractivity contribution < 1.29 is 27.5 Å². The van der Waals surface area contributed by atoms with Crippen molar-refractivity contribution in [2.24, 2.45) is 0 Å². The van der Waals surface area contributed by atoms with E-state index in [1.54, 1.807) is 6.92 Å². The minimum atomic E-state index is -4.84. The average Bonchev–Trinajstić information content (AvgIpc) is 3.03. The topological polar surface area (TPSA) is 70.4 Å². The van der Waals surface area contributed by atoms with Crippen molar-refractivity contribution in [2.75, 3.05) is 6.54 Å². The van der Waals surface area contributed by atoms with Gasteiger partial charge in [-0.1, -0.05) is 18.9 Å². The number of rotatable bonds is 6. The van der Waals surface area contributed by atoms with E-state index in [4.69, 9.17) is 0 Å². The lowest BCUT2D eigenvalue weighted by Crippen LogP contribution is -2.62. The zero-order chi connectivity index (χ0) is 21.5. The Bertz CT molecular complexity index is 815. The lowest BCUT2D eigenvalue weighted by Gasteiger charge is -2.32. The van der Waals surface area contributed by atoms with Crippen molar-refractivity contribution in [3.8, 4) is 5.75 Å². The molecule has 2 amide bonds. The first-order valence-corrected chi connectivity index (χ1v) is 10.4. The highest BCUT2D eigenvalue weighted by molar-refractivity contribution is 6.00. The van der Waals surface area contributed by atoms with Gasteiger partial charge in [-0.3, -0.25) is 14.5 Å². The van der Waals surface area contributed by atoms with Gasteiger partial charge in [0.05, 0.1) is 6.04 Å². The zero-order valence-corrected chi connectivity index (χ0v) is 16.8. The van der Waals surface area contributed by atoms with E-state index >= 15 is 0 Å². The molecule has 2 heterocycles. The molecule has 0 radical (unpaired) electrons. The number of ether oxygens (including phenoxy) is 1. The van der Waals surface area contributed by atoms with Crippen LogP contribution in [0.25, 0.3) is 0 Å². The molecular weight excluding hydrogens is 399 g/mol. The molecule has 3 aliphatic rings. The molecule has 1 aromatic carbocycles. The lowest BCUT2D eigenvalue weighted by atomic mass is 9.90. The van der Waals surface area contributed by atoms with Gasteiger partial charge in [-0.15, -0.1) is 13.2 Å². The second-order valence-electron chi connectivity index (χ2n) is 8.58. The largest absolute Gasteiger partial charge is 0.573 e. The maximum Gasteiger partial charge on any atom is 0.573 e. The number of hydrogen-bond donors (Lipinski definition) is 2. The smallest absolute Gasteiger partial charge is 0.406 e. The number of carbonyl (C=O) groups is 2. The van der Waals surface area contributed by atoms with Gasteiger partial charge in [-0.25, -0.2) is 0 Å². The van der Waals surface area contributed by atoms with E-state index < -0.39 is 23.6 Å². The van der Waals surface area contributed by atoms with E-state index in [0.29, 0.717) is 0 Å². The van der Waals surface area contributed by atoms with Crippen LogP contribution in [-0.4, -0.2) is 53.3 Å². The molecule has 9 heteroatoms. The van der Waals surface area contributed by atoms with Crippen LogP contribution in [0, 0.1) is 0 Å². The van der Waals surface area contributed by atoms with Crippen LogP contribution in [0.15, 0.2) is 24.3 Å². The molecule has 30 heavy (non-hydrogen) atoms. The summed E-state index contributed by atoms with van der Waals surface area (Å²) in [4.78, 5) is 28.4. The summed E-state index contributed by atoms with van der Waals surface area (Å²) in [5.74, 6) is -1.30. The summed E-state index contributed by atoms with van der Waals surface area (Å²) in [7, 11) is 0. The summed E-state index contributed by atoms with van der Waals surface area (Å²) >= 11 is 0. The third kappa shape index (κ3) is 4.26. The van der Waals surface area contributed by atoms with Crippen LogP contribution in [0.4, 0.5) is 13.2 Å². The molecule has 0 bridgehead atoms. The molecular formula is C21H26F3N3O3. The first-order chi connectivity index (χ1) is 14.2. The van der Waals surface area contributed by atoms with Crippen molar-refractivity contribution in [1.82, 2.24) is 15.5 Å². The molecule has 1 aromatic rings. The highest BCUT2D eigenvalue weighted by Gasteiger charge is 2.62. The molecule has 4 atom stereocenters. The highest BCUT2D eigenvalue weighted by Crippen LogP contribution is 2.44. The molecule has 2 unspecified atom stereocenters. The van der Waals surface area contributed by atoms with Gasteiger partial charge < -0.3 is 15.4 Å². The third-order valence-corrected chi connectivity index (χ3v) is 6.43. The lowest BCUT2D eigenvalue weighted by molar-refractivity contribution is -0.274. The maximum absolute atomic E-state index is 13.2. The fraction of sp³-hybridized carbons (Fsp3) is 0.619. The molecule has 2 aliphatic heterocycles. The number of fused-ring (bicyclic) bond motifs is 1. The second-order valence-corrected chi connectivity index (χ2v) is 8.58. The first-order valence-electron chi connectivity index (χ1n) is 10.4. The predicted molar refractivity (Wildman–Crippen MR) is 103 cm³/mol. The van der Waals surface area contributed by atoms with Crippen LogP contribution in [0.5, 0.6) is 5.75 Å². The molecule has 1 aliphatic carbocycles. The zero-order valence-electron chi connectivity index (χ0n) is 16.8. The fourth-order valence-corrected chi connectivity index (χ4v) is 4.97. The van der Waals surface area contributed by atoms with Gasteiger partial charge in [0.1, 0.15) is 11.3 Å². The van der Waals surface area contributed by atoms with Gasteiger partial charge in [0, 0.05) is 17.6 Å². The van der Waals surface area contributed by atoms with E-state index in [-0.39, 0.29) is 29.6 Å². The summed E-state index contributed by atoms with van der Waals surface area (Å²) in [5, 5.41) is 5.91. The van der Waals surface area contributed by atoms with E-state index in [1.807, 2.05) is 0 Å². The molecule has 2 N–H and O–H groups in total. The van der Waals surface area contributed by atoms with E-state index in [0.717, 1.165) is 57.2 Å². The minimum absolute atomic E-state index is 0.0115. The highest BCUT2D eigenvalue weighted by atomic mass is 19.4. The first kappa shape index (κ1) is 21.0. The van der Waals surface area contributed by atoms with Crippen molar-refractivity contribution in [2.45, 2.75) is 75.5 Å². The molecule has 4 rings (SSSR count). The van der Waals surface area contributed by atoms with Crippen LogP contribution in [0.3, 0.4) is 0 Å². The van der Waals surface area contributed by atoms with Crippen molar-refractivity contribution in [3.63, 3.8) is 0 Å². The summed E-state index contributed by atoms with van der Waals surface area (Å²) in [6, 6.07) is 5.14. The quantitative estimate of drug-likeness (QED) is 0.688. The number of piperidine rings is 1. The van der Waals surface area contributed by atoms with Crippen LogP contribution < -0.4 is 15.4 Å². The fourth-order valence-electron chi connectivity index (χ4n) is 4.97. The predicted octanol–water partition coefficient (Wildman–Crippen LogP) is 2.98. The maximum atomic E-state index is 13.2. The summed E-state index contributed by atoms with van der Waals surface area (Å²) in [6.45, 7) is 2.60. The Kier molecular flexibility index (Phi) is 5.42. The minimum Gasteiger partial charge on any atom is -0.406 e. The van der Waals surface area contributed by atoms with E-state index in [1.165, 1.54) is 12.1 Å². The van der Waals surface area contributed by atoms with Crippen LogP contribution in [0.1, 0.15) is 55.8 Å². The van der Waals surface area contributed by atoms with Gasteiger partial charge in [-0.2, -0.15) is 0 Å². The van der Waals surface area contributed by atoms with Crippen LogP contribution >= 0.6 is 0 Å². The van der Waals surface area contributed by atoms with Crippen LogP contribution in [-0.2, 0) is 4.79 Å². The molecule has 3 fully saturated rings. The van der Waals surface area contributed by atoms with E-state index in [2.05, 4.69) is 20.3 Å². The van der Waals surface area contributed by atoms with Crippen molar-refractivity contribution >= 4 is 11.8 Å².